The van der Waals surface area contributed by atoms with Gasteiger partial charge in [-0.3, -0.25) is 14.4 Å². The molecular formula is C17H25N3O5. The van der Waals surface area contributed by atoms with E-state index in [1.807, 2.05) is 0 Å². The van der Waals surface area contributed by atoms with Crippen LogP contribution in [-0.4, -0.2) is 40.1 Å². The number of phenolic OH excluding ortho intramolecular Hbond substituents is 1. The zero-order chi connectivity index (χ0) is 19.1. The standard InChI is InChI=1S/C17H25N3O5/c1-9(2)15(20-16(24)13(18)8-14(22)23)17(25)19-10(3)11-4-6-12(21)7-5-11/h4-7,9-10,13,15,21H,8,18H2,1-3H3,(H,19,25)(H,20,24)(H,22,23)/t10-,13+,15-/m1/s1. The number of phenols is 1. The third-order valence-corrected chi connectivity index (χ3v) is 3.73. The highest BCUT2D eigenvalue weighted by molar-refractivity contribution is 5.91. The van der Waals surface area contributed by atoms with Gasteiger partial charge in [-0.2, -0.15) is 0 Å². The van der Waals surface area contributed by atoms with Crippen LogP contribution in [0.15, 0.2) is 24.3 Å². The molecule has 1 rings (SSSR count). The van der Waals surface area contributed by atoms with Crippen LogP contribution in [-0.2, 0) is 14.4 Å². The fourth-order valence-corrected chi connectivity index (χ4v) is 2.23. The summed E-state index contributed by atoms with van der Waals surface area (Å²) in [4.78, 5) is 35.1. The third-order valence-electron chi connectivity index (χ3n) is 3.73. The van der Waals surface area contributed by atoms with Gasteiger partial charge in [-0.1, -0.05) is 26.0 Å². The van der Waals surface area contributed by atoms with Crippen LogP contribution in [0.1, 0.15) is 38.8 Å². The maximum atomic E-state index is 12.5. The quantitative estimate of drug-likeness (QED) is 0.462. The first-order chi connectivity index (χ1) is 11.6. The van der Waals surface area contributed by atoms with Crippen molar-refractivity contribution in [3.63, 3.8) is 0 Å². The first kappa shape index (κ1) is 20.4. The third kappa shape index (κ3) is 6.42. The lowest BCUT2D eigenvalue weighted by molar-refractivity contribution is -0.139. The van der Waals surface area contributed by atoms with Crippen molar-refractivity contribution in [1.82, 2.24) is 10.6 Å². The van der Waals surface area contributed by atoms with Crippen molar-refractivity contribution < 1.29 is 24.6 Å². The number of rotatable bonds is 8. The lowest BCUT2D eigenvalue weighted by atomic mass is 10.0. The van der Waals surface area contributed by atoms with Crippen molar-refractivity contribution in [3.8, 4) is 5.75 Å². The Labute approximate surface area is 146 Å². The second kappa shape index (κ2) is 9.03. The summed E-state index contributed by atoms with van der Waals surface area (Å²) in [6, 6.07) is 4.01. The molecule has 0 spiro atoms. The summed E-state index contributed by atoms with van der Waals surface area (Å²) in [5.74, 6) is -2.36. The molecule has 2 amide bonds. The van der Waals surface area contributed by atoms with E-state index in [2.05, 4.69) is 10.6 Å². The van der Waals surface area contributed by atoms with Gasteiger partial charge in [-0.25, -0.2) is 0 Å². The zero-order valence-corrected chi connectivity index (χ0v) is 14.5. The molecule has 0 aliphatic carbocycles. The lowest BCUT2D eigenvalue weighted by Gasteiger charge is -2.25. The van der Waals surface area contributed by atoms with Gasteiger partial charge in [0.15, 0.2) is 0 Å². The fourth-order valence-electron chi connectivity index (χ4n) is 2.23. The summed E-state index contributed by atoms with van der Waals surface area (Å²) >= 11 is 0. The number of carboxylic acid groups (broad SMARTS) is 1. The van der Waals surface area contributed by atoms with Gasteiger partial charge < -0.3 is 26.6 Å². The van der Waals surface area contributed by atoms with E-state index in [1.165, 1.54) is 12.1 Å². The van der Waals surface area contributed by atoms with E-state index < -0.39 is 36.3 Å². The number of hydrogen-bond donors (Lipinski definition) is 5. The Balaban J connectivity index is 2.74. The van der Waals surface area contributed by atoms with Gasteiger partial charge >= 0.3 is 5.97 Å². The van der Waals surface area contributed by atoms with E-state index in [0.717, 1.165) is 5.56 Å². The van der Waals surface area contributed by atoms with E-state index in [9.17, 15) is 19.5 Å². The van der Waals surface area contributed by atoms with E-state index in [4.69, 9.17) is 10.8 Å². The largest absolute Gasteiger partial charge is 0.508 e. The lowest BCUT2D eigenvalue weighted by Crippen LogP contribution is -2.54. The van der Waals surface area contributed by atoms with Gasteiger partial charge in [-0.05, 0) is 30.5 Å². The average molecular weight is 351 g/mol. The van der Waals surface area contributed by atoms with Crippen LogP contribution in [0.25, 0.3) is 0 Å². The minimum atomic E-state index is -1.22. The monoisotopic (exact) mass is 351 g/mol. The first-order valence-corrected chi connectivity index (χ1v) is 7.98. The second-order valence-corrected chi connectivity index (χ2v) is 6.26. The predicted molar refractivity (Wildman–Crippen MR) is 91.7 cm³/mol. The van der Waals surface area contributed by atoms with Gasteiger partial charge in [0, 0.05) is 0 Å². The highest BCUT2D eigenvalue weighted by Crippen LogP contribution is 2.17. The van der Waals surface area contributed by atoms with Gasteiger partial charge in [0.05, 0.1) is 18.5 Å². The van der Waals surface area contributed by atoms with E-state index in [1.54, 1.807) is 32.9 Å². The molecule has 1 aromatic rings. The van der Waals surface area contributed by atoms with Crippen LogP contribution in [0.2, 0.25) is 0 Å². The molecule has 8 nitrogen and oxygen atoms in total. The Morgan fingerprint density at radius 1 is 1.04 bits per heavy atom. The predicted octanol–water partition coefficient (Wildman–Crippen LogP) is 0.512. The molecule has 0 aliphatic heterocycles. The molecule has 0 bridgehead atoms. The Morgan fingerprint density at radius 2 is 1.60 bits per heavy atom. The number of aliphatic carboxylic acids is 1. The van der Waals surface area contributed by atoms with Crippen molar-refractivity contribution in [1.29, 1.82) is 0 Å². The highest BCUT2D eigenvalue weighted by Gasteiger charge is 2.28. The number of amides is 2. The zero-order valence-electron chi connectivity index (χ0n) is 14.5. The second-order valence-electron chi connectivity index (χ2n) is 6.26. The molecule has 1 aromatic carbocycles. The molecule has 0 aliphatic rings. The number of aromatic hydroxyl groups is 1. The number of benzene rings is 1. The van der Waals surface area contributed by atoms with Crippen LogP contribution in [0.5, 0.6) is 5.75 Å². The van der Waals surface area contributed by atoms with Crippen molar-refractivity contribution in [2.75, 3.05) is 0 Å². The molecule has 0 saturated carbocycles. The molecule has 25 heavy (non-hydrogen) atoms. The Kier molecular flexibility index (Phi) is 7.38. The van der Waals surface area contributed by atoms with Crippen LogP contribution in [0.3, 0.4) is 0 Å². The van der Waals surface area contributed by atoms with Gasteiger partial charge in [-0.15, -0.1) is 0 Å². The summed E-state index contributed by atoms with van der Waals surface area (Å²) in [5, 5.41) is 23.3. The number of nitrogens with one attached hydrogen (secondary N) is 2. The van der Waals surface area contributed by atoms with Crippen LogP contribution < -0.4 is 16.4 Å². The average Bonchev–Trinajstić information content (AvgIpc) is 2.51. The molecule has 0 heterocycles. The Bertz CT molecular complexity index is 615. The minimum absolute atomic E-state index is 0.127. The van der Waals surface area contributed by atoms with E-state index in [0.29, 0.717) is 0 Å². The summed E-state index contributed by atoms with van der Waals surface area (Å²) in [5.41, 5.74) is 6.32. The molecule has 8 heteroatoms. The fraction of sp³-hybridized carbons (Fsp3) is 0.471. The van der Waals surface area contributed by atoms with Gasteiger partial charge in [0.2, 0.25) is 11.8 Å². The van der Waals surface area contributed by atoms with Gasteiger partial charge in [0.1, 0.15) is 11.8 Å². The molecule has 0 saturated heterocycles. The molecule has 0 unspecified atom stereocenters. The molecule has 0 radical (unpaired) electrons. The van der Waals surface area contributed by atoms with Crippen molar-refractivity contribution in [2.24, 2.45) is 11.7 Å². The number of carboxylic acids is 1. The highest BCUT2D eigenvalue weighted by atomic mass is 16.4. The van der Waals surface area contributed by atoms with E-state index >= 15 is 0 Å². The first-order valence-electron chi connectivity index (χ1n) is 7.98. The van der Waals surface area contributed by atoms with Crippen LogP contribution in [0.4, 0.5) is 0 Å². The molecule has 0 aromatic heterocycles. The molecule has 138 valence electrons. The molecule has 0 fully saturated rings. The molecule has 6 N–H and O–H groups in total. The van der Waals surface area contributed by atoms with Crippen LogP contribution >= 0.6 is 0 Å². The number of hydrogen-bond acceptors (Lipinski definition) is 5. The topological polar surface area (TPSA) is 142 Å². The maximum absolute atomic E-state index is 12.5. The van der Waals surface area contributed by atoms with Crippen molar-refractivity contribution in [2.45, 2.75) is 45.3 Å². The minimum Gasteiger partial charge on any atom is -0.508 e. The van der Waals surface area contributed by atoms with Crippen LogP contribution in [0, 0.1) is 5.92 Å². The maximum Gasteiger partial charge on any atom is 0.305 e. The summed E-state index contributed by atoms with van der Waals surface area (Å²) in [6.45, 7) is 5.30. The summed E-state index contributed by atoms with van der Waals surface area (Å²) < 4.78 is 0. The molecular weight excluding hydrogens is 326 g/mol. The van der Waals surface area contributed by atoms with Crippen molar-refractivity contribution >= 4 is 17.8 Å². The number of nitrogens with two attached hydrogens (primary N) is 1. The Hall–Kier alpha value is -2.61. The molecule has 3 atom stereocenters. The SMILES string of the molecule is CC(C)[C@@H](NC(=O)[C@@H](N)CC(=O)O)C(=O)N[C@H](C)c1ccc(O)cc1. The normalized spacial score (nSPS) is 14.4. The Morgan fingerprint density at radius 3 is 2.08 bits per heavy atom. The summed E-state index contributed by atoms with van der Waals surface area (Å²) in [7, 11) is 0. The van der Waals surface area contributed by atoms with Gasteiger partial charge in [0.25, 0.3) is 0 Å². The number of carbonyl (C=O) groups is 3. The number of carbonyl (C=O) groups excluding carboxylic acids is 2. The summed E-state index contributed by atoms with van der Waals surface area (Å²) in [6.07, 6.45) is -0.512. The smallest absolute Gasteiger partial charge is 0.305 e. The van der Waals surface area contributed by atoms with E-state index in [-0.39, 0.29) is 17.7 Å². The van der Waals surface area contributed by atoms with Crippen molar-refractivity contribution in [3.05, 3.63) is 29.8 Å².